The first kappa shape index (κ1) is 10.4. The molecule has 2 aliphatic rings. The zero-order chi connectivity index (χ0) is 10.1. The van der Waals surface area contributed by atoms with E-state index < -0.39 is 0 Å². The SMILES string of the molecule is CC1COC2CCC(C(C)C)CC2N1. The van der Waals surface area contributed by atoms with Crippen LogP contribution in [0, 0.1) is 11.8 Å². The maximum Gasteiger partial charge on any atom is 0.0729 e. The van der Waals surface area contributed by atoms with Crippen molar-refractivity contribution in [3.8, 4) is 0 Å². The molecule has 0 amide bonds. The molecule has 2 rings (SSSR count). The summed E-state index contributed by atoms with van der Waals surface area (Å²) in [5.41, 5.74) is 0. The van der Waals surface area contributed by atoms with Crippen LogP contribution in [-0.2, 0) is 4.74 Å². The van der Waals surface area contributed by atoms with Crippen LogP contribution in [0.5, 0.6) is 0 Å². The quantitative estimate of drug-likeness (QED) is 0.695. The van der Waals surface area contributed by atoms with Crippen LogP contribution in [-0.4, -0.2) is 24.8 Å². The van der Waals surface area contributed by atoms with Gasteiger partial charge in [-0.15, -0.1) is 0 Å². The van der Waals surface area contributed by atoms with Crippen molar-refractivity contribution in [2.45, 2.75) is 58.2 Å². The number of ether oxygens (including phenoxy) is 1. The molecule has 2 fully saturated rings. The first-order valence-electron chi connectivity index (χ1n) is 6.04. The molecular formula is C12H23NO. The Morgan fingerprint density at radius 1 is 1.29 bits per heavy atom. The normalized spacial score (nSPS) is 43.7. The van der Waals surface area contributed by atoms with Gasteiger partial charge in [0.1, 0.15) is 0 Å². The molecule has 0 bridgehead atoms. The summed E-state index contributed by atoms with van der Waals surface area (Å²) in [6.45, 7) is 7.80. The van der Waals surface area contributed by atoms with E-state index >= 15 is 0 Å². The van der Waals surface area contributed by atoms with Crippen LogP contribution >= 0.6 is 0 Å². The Balaban J connectivity index is 1.93. The van der Waals surface area contributed by atoms with Gasteiger partial charge in [0.2, 0.25) is 0 Å². The van der Waals surface area contributed by atoms with Gasteiger partial charge in [-0.2, -0.15) is 0 Å². The summed E-state index contributed by atoms with van der Waals surface area (Å²) in [5, 5.41) is 3.68. The molecule has 0 aromatic rings. The van der Waals surface area contributed by atoms with Crippen LogP contribution in [0.15, 0.2) is 0 Å². The van der Waals surface area contributed by atoms with Crippen molar-refractivity contribution >= 4 is 0 Å². The Morgan fingerprint density at radius 2 is 2.07 bits per heavy atom. The predicted molar refractivity (Wildman–Crippen MR) is 58.3 cm³/mol. The highest BCUT2D eigenvalue weighted by atomic mass is 16.5. The van der Waals surface area contributed by atoms with Gasteiger partial charge >= 0.3 is 0 Å². The van der Waals surface area contributed by atoms with Crippen molar-refractivity contribution in [1.29, 1.82) is 0 Å². The van der Waals surface area contributed by atoms with Crippen molar-refractivity contribution in [2.24, 2.45) is 11.8 Å². The van der Waals surface area contributed by atoms with E-state index in [4.69, 9.17) is 4.74 Å². The molecule has 4 atom stereocenters. The fraction of sp³-hybridized carbons (Fsp3) is 1.00. The molecule has 1 saturated heterocycles. The second kappa shape index (κ2) is 4.19. The maximum atomic E-state index is 5.86. The molecule has 1 saturated carbocycles. The van der Waals surface area contributed by atoms with Gasteiger partial charge in [0, 0.05) is 12.1 Å². The molecule has 0 radical (unpaired) electrons. The summed E-state index contributed by atoms with van der Waals surface area (Å²) in [6, 6.07) is 1.17. The molecule has 1 aliphatic heterocycles. The number of morpholine rings is 1. The van der Waals surface area contributed by atoms with Crippen molar-refractivity contribution < 1.29 is 4.74 Å². The Bertz CT molecular complexity index is 193. The lowest BCUT2D eigenvalue weighted by atomic mass is 9.77. The van der Waals surface area contributed by atoms with Crippen molar-refractivity contribution in [3.05, 3.63) is 0 Å². The summed E-state index contributed by atoms with van der Waals surface area (Å²) >= 11 is 0. The molecule has 14 heavy (non-hydrogen) atoms. The van der Waals surface area contributed by atoms with E-state index in [1.807, 2.05) is 0 Å². The third kappa shape index (κ3) is 2.12. The van der Waals surface area contributed by atoms with Gasteiger partial charge in [-0.05, 0) is 38.0 Å². The Morgan fingerprint density at radius 3 is 2.79 bits per heavy atom. The highest BCUT2D eigenvalue weighted by Gasteiger charge is 2.35. The van der Waals surface area contributed by atoms with E-state index in [0.29, 0.717) is 18.2 Å². The standard InChI is InChI=1S/C12H23NO/c1-8(2)10-4-5-12-11(6-10)13-9(3)7-14-12/h8-13H,4-7H2,1-3H3. The molecule has 0 spiro atoms. The average molecular weight is 197 g/mol. The van der Waals surface area contributed by atoms with Crippen LogP contribution in [0.25, 0.3) is 0 Å². The third-order valence-corrected chi connectivity index (χ3v) is 3.83. The van der Waals surface area contributed by atoms with Crippen LogP contribution in [0.3, 0.4) is 0 Å². The Labute approximate surface area is 87.4 Å². The highest BCUT2D eigenvalue weighted by Crippen LogP contribution is 2.33. The molecular weight excluding hydrogens is 174 g/mol. The molecule has 1 heterocycles. The van der Waals surface area contributed by atoms with Crippen molar-refractivity contribution in [2.75, 3.05) is 6.61 Å². The molecule has 1 aliphatic carbocycles. The molecule has 0 aromatic heterocycles. The number of hydrogen-bond acceptors (Lipinski definition) is 2. The number of rotatable bonds is 1. The molecule has 2 nitrogen and oxygen atoms in total. The summed E-state index contributed by atoms with van der Waals surface area (Å²) in [6.07, 6.45) is 4.43. The Kier molecular flexibility index (Phi) is 3.13. The number of hydrogen-bond donors (Lipinski definition) is 1. The van der Waals surface area contributed by atoms with E-state index in [0.717, 1.165) is 18.4 Å². The van der Waals surface area contributed by atoms with E-state index in [9.17, 15) is 0 Å². The zero-order valence-corrected chi connectivity index (χ0v) is 9.62. The summed E-state index contributed by atoms with van der Waals surface area (Å²) < 4.78 is 5.86. The van der Waals surface area contributed by atoms with Crippen LogP contribution in [0.1, 0.15) is 40.0 Å². The minimum atomic E-state index is 0.501. The van der Waals surface area contributed by atoms with Gasteiger partial charge in [0.15, 0.2) is 0 Å². The molecule has 2 heteroatoms. The minimum absolute atomic E-state index is 0.501. The second-order valence-electron chi connectivity index (χ2n) is 5.36. The lowest BCUT2D eigenvalue weighted by molar-refractivity contribution is -0.0554. The minimum Gasteiger partial charge on any atom is -0.375 e. The lowest BCUT2D eigenvalue weighted by Gasteiger charge is -2.43. The van der Waals surface area contributed by atoms with Gasteiger partial charge in [-0.25, -0.2) is 0 Å². The highest BCUT2D eigenvalue weighted by molar-refractivity contribution is 4.91. The molecule has 1 N–H and O–H groups in total. The van der Waals surface area contributed by atoms with E-state index in [2.05, 4.69) is 26.1 Å². The van der Waals surface area contributed by atoms with Crippen molar-refractivity contribution in [1.82, 2.24) is 5.32 Å². The van der Waals surface area contributed by atoms with Crippen LogP contribution in [0.2, 0.25) is 0 Å². The van der Waals surface area contributed by atoms with E-state index in [1.54, 1.807) is 0 Å². The molecule has 82 valence electrons. The number of nitrogens with one attached hydrogen (secondary N) is 1. The van der Waals surface area contributed by atoms with Gasteiger partial charge in [0.25, 0.3) is 0 Å². The fourth-order valence-corrected chi connectivity index (χ4v) is 2.84. The van der Waals surface area contributed by atoms with Crippen LogP contribution in [0.4, 0.5) is 0 Å². The maximum absolute atomic E-state index is 5.86. The predicted octanol–water partition coefficient (Wildman–Crippen LogP) is 2.19. The van der Waals surface area contributed by atoms with Crippen molar-refractivity contribution in [3.63, 3.8) is 0 Å². The summed E-state index contributed by atoms with van der Waals surface area (Å²) in [4.78, 5) is 0. The average Bonchev–Trinajstić information content (AvgIpc) is 2.16. The zero-order valence-electron chi connectivity index (χ0n) is 9.62. The van der Waals surface area contributed by atoms with Gasteiger partial charge in [-0.1, -0.05) is 13.8 Å². The van der Waals surface area contributed by atoms with Gasteiger partial charge < -0.3 is 10.1 Å². The number of fused-ring (bicyclic) bond motifs is 1. The third-order valence-electron chi connectivity index (χ3n) is 3.83. The summed E-state index contributed by atoms with van der Waals surface area (Å²) in [7, 11) is 0. The second-order valence-corrected chi connectivity index (χ2v) is 5.36. The summed E-state index contributed by atoms with van der Waals surface area (Å²) in [5.74, 6) is 1.73. The largest absolute Gasteiger partial charge is 0.375 e. The van der Waals surface area contributed by atoms with Gasteiger partial charge in [-0.3, -0.25) is 0 Å². The molecule has 4 unspecified atom stereocenters. The first-order valence-corrected chi connectivity index (χ1v) is 6.04. The first-order chi connectivity index (χ1) is 6.66. The molecule has 0 aromatic carbocycles. The van der Waals surface area contributed by atoms with E-state index in [-0.39, 0.29) is 0 Å². The topological polar surface area (TPSA) is 21.3 Å². The smallest absolute Gasteiger partial charge is 0.0729 e. The van der Waals surface area contributed by atoms with Crippen LogP contribution < -0.4 is 5.32 Å². The monoisotopic (exact) mass is 197 g/mol. The fourth-order valence-electron chi connectivity index (χ4n) is 2.84. The lowest BCUT2D eigenvalue weighted by Crippen LogP contribution is -2.55. The van der Waals surface area contributed by atoms with E-state index in [1.165, 1.54) is 19.3 Å². The Hall–Kier alpha value is -0.0800. The van der Waals surface area contributed by atoms with Gasteiger partial charge in [0.05, 0.1) is 12.7 Å².